The molecule has 0 radical (unpaired) electrons. The zero-order chi connectivity index (χ0) is 18.2. The standard InChI is InChI=1S/C20H28N2O2S/c1-5-16(4)22(20(23)11-15(2)3)12-17-14-25-19(21-17)13-24-18-9-7-6-8-10-18/h6-10,14-16H,5,11-13H2,1-4H3/t16-/m0/s1. The molecule has 0 fully saturated rings. The van der Waals surface area contributed by atoms with Crippen LogP contribution in [0.25, 0.3) is 0 Å². The lowest BCUT2D eigenvalue weighted by atomic mass is 10.1. The van der Waals surface area contributed by atoms with E-state index < -0.39 is 0 Å². The Morgan fingerprint density at radius 3 is 2.60 bits per heavy atom. The molecule has 0 spiro atoms. The van der Waals surface area contributed by atoms with Gasteiger partial charge in [0.05, 0.1) is 12.2 Å². The Balaban J connectivity index is 1.97. The number of aromatic nitrogens is 1. The summed E-state index contributed by atoms with van der Waals surface area (Å²) >= 11 is 1.58. The highest BCUT2D eigenvalue weighted by atomic mass is 32.1. The third-order valence-electron chi connectivity index (χ3n) is 4.06. The van der Waals surface area contributed by atoms with Crippen molar-refractivity contribution in [2.24, 2.45) is 5.92 Å². The van der Waals surface area contributed by atoms with Crippen molar-refractivity contribution < 1.29 is 9.53 Å². The summed E-state index contributed by atoms with van der Waals surface area (Å²) in [5, 5.41) is 2.96. The van der Waals surface area contributed by atoms with Gasteiger partial charge in [-0.2, -0.15) is 0 Å². The molecule has 0 aliphatic rings. The Labute approximate surface area is 154 Å². The summed E-state index contributed by atoms with van der Waals surface area (Å²) in [6.45, 7) is 9.40. The predicted octanol–water partition coefficient (Wildman–Crippen LogP) is 4.90. The van der Waals surface area contributed by atoms with Crippen LogP contribution in [0.15, 0.2) is 35.7 Å². The first-order valence-corrected chi connectivity index (χ1v) is 9.78. The first-order valence-electron chi connectivity index (χ1n) is 8.90. The summed E-state index contributed by atoms with van der Waals surface area (Å²) in [5.41, 5.74) is 0.939. The fourth-order valence-corrected chi connectivity index (χ4v) is 3.20. The lowest BCUT2D eigenvalue weighted by molar-refractivity contribution is -0.134. The smallest absolute Gasteiger partial charge is 0.223 e. The number of hydrogen-bond donors (Lipinski definition) is 0. The first kappa shape index (κ1) is 19.4. The summed E-state index contributed by atoms with van der Waals surface area (Å²) in [6, 6.07) is 9.95. The molecule has 2 rings (SSSR count). The van der Waals surface area contributed by atoms with Gasteiger partial charge in [0.1, 0.15) is 17.4 Å². The van der Waals surface area contributed by atoms with Crippen molar-refractivity contribution in [3.05, 3.63) is 46.4 Å². The van der Waals surface area contributed by atoms with E-state index in [4.69, 9.17) is 4.74 Å². The minimum atomic E-state index is 0.208. The van der Waals surface area contributed by atoms with Crippen LogP contribution in [0, 0.1) is 5.92 Å². The van der Waals surface area contributed by atoms with Crippen LogP contribution in [0.4, 0.5) is 0 Å². The van der Waals surface area contributed by atoms with E-state index in [-0.39, 0.29) is 11.9 Å². The van der Waals surface area contributed by atoms with E-state index in [2.05, 4.69) is 32.7 Å². The maximum absolute atomic E-state index is 12.6. The van der Waals surface area contributed by atoms with Gasteiger partial charge in [0.2, 0.25) is 5.91 Å². The van der Waals surface area contributed by atoms with Gasteiger partial charge in [-0.05, 0) is 31.4 Å². The second-order valence-electron chi connectivity index (χ2n) is 6.71. The third kappa shape index (κ3) is 6.16. The van der Waals surface area contributed by atoms with Crippen LogP contribution in [-0.2, 0) is 17.9 Å². The van der Waals surface area contributed by atoms with Crippen LogP contribution in [-0.4, -0.2) is 21.8 Å². The molecule has 0 aliphatic heterocycles. The first-order chi connectivity index (χ1) is 12.0. The molecule has 0 N–H and O–H groups in total. The Hall–Kier alpha value is -1.88. The van der Waals surface area contributed by atoms with Gasteiger partial charge in [-0.25, -0.2) is 4.98 Å². The topological polar surface area (TPSA) is 42.4 Å². The average molecular weight is 361 g/mol. The van der Waals surface area contributed by atoms with Crippen LogP contribution in [0.1, 0.15) is 51.2 Å². The number of amides is 1. The van der Waals surface area contributed by atoms with Crippen molar-refractivity contribution in [3.63, 3.8) is 0 Å². The van der Waals surface area contributed by atoms with Crippen molar-refractivity contribution in [1.29, 1.82) is 0 Å². The number of hydrogen-bond acceptors (Lipinski definition) is 4. The van der Waals surface area contributed by atoms with Crippen molar-refractivity contribution in [1.82, 2.24) is 9.88 Å². The summed E-state index contributed by atoms with van der Waals surface area (Å²) in [6.07, 6.45) is 1.52. The Morgan fingerprint density at radius 1 is 1.24 bits per heavy atom. The van der Waals surface area contributed by atoms with Gasteiger partial charge in [0, 0.05) is 17.8 Å². The molecule has 0 saturated heterocycles. The van der Waals surface area contributed by atoms with E-state index in [1.807, 2.05) is 40.6 Å². The number of benzene rings is 1. The molecule has 1 atom stereocenters. The number of carbonyl (C=O) groups is 1. The van der Waals surface area contributed by atoms with E-state index in [0.717, 1.165) is 22.9 Å². The molecular formula is C20H28N2O2S. The quantitative estimate of drug-likeness (QED) is 0.639. The summed E-state index contributed by atoms with van der Waals surface area (Å²) in [4.78, 5) is 19.2. The van der Waals surface area contributed by atoms with Crippen LogP contribution >= 0.6 is 11.3 Å². The number of ether oxygens (including phenoxy) is 1. The zero-order valence-corrected chi connectivity index (χ0v) is 16.4. The molecule has 25 heavy (non-hydrogen) atoms. The summed E-state index contributed by atoms with van der Waals surface area (Å²) < 4.78 is 5.75. The Kier molecular flexibility index (Phi) is 7.44. The second-order valence-corrected chi connectivity index (χ2v) is 7.65. The molecule has 2 aromatic rings. The van der Waals surface area contributed by atoms with E-state index in [0.29, 0.717) is 25.5 Å². The lowest BCUT2D eigenvalue weighted by Crippen LogP contribution is -2.38. The zero-order valence-electron chi connectivity index (χ0n) is 15.6. The Morgan fingerprint density at radius 2 is 1.96 bits per heavy atom. The molecule has 1 amide bonds. The number of rotatable bonds is 9. The SMILES string of the molecule is CC[C@H](C)N(Cc1csc(COc2ccccc2)n1)C(=O)CC(C)C. The number of para-hydroxylation sites is 1. The molecule has 1 heterocycles. The second kappa shape index (κ2) is 9.56. The molecule has 0 aliphatic carbocycles. The van der Waals surface area contributed by atoms with Crippen LogP contribution in [0.3, 0.4) is 0 Å². The average Bonchev–Trinajstić information content (AvgIpc) is 3.05. The largest absolute Gasteiger partial charge is 0.486 e. The minimum Gasteiger partial charge on any atom is -0.486 e. The maximum Gasteiger partial charge on any atom is 0.223 e. The van der Waals surface area contributed by atoms with Crippen molar-refractivity contribution in [2.75, 3.05) is 0 Å². The normalized spacial score (nSPS) is 12.2. The summed E-state index contributed by atoms with van der Waals surface area (Å²) in [7, 11) is 0. The number of thiazole rings is 1. The highest BCUT2D eigenvalue weighted by molar-refractivity contribution is 7.09. The molecule has 4 nitrogen and oxygen atoms in total. The molecule has 0 unspecified atom stereocenters. The molecule has 0 bridgehead atoms. The van der Waals surface area contributed by atoms with E-state index in [1.165, 1.54) is 0 Å². The van der Waals surface area contributed by atoms with Crippen molar-refractivity contribution in [2.45, 2.75) is 59.7 Å². The molecule has 1 aromatic carbocycles. The van der Waals surface area contributed by atoms with Crippen LogP contribution < -0.4 is 4.74 Å². The van der Waals surface area contributed by atoms with Crippen molar-refractivity contribution >= 4 is 17.2 Å². The highest BCUT2D eigenvalue weighted by Crippen LogP contribution is 2.18. The molecule has 136 valence electrons. The van der Waals surface area contributed by atoms with E-state index in [1.54, 1.807) is 11.3 Å². The van der Waals surface area contributed by atoms with E-state index >= 15 is 0 Å². The fourth-order valence-electron chi connectivity index (χ4n) is 2.50. The van der Waals surface area contributed by atoms with Gasteiger partial charge >= 0.3 is 0 Å². The minimum absolute atomic E-state index is 0.208. The number of nitrogens with zero attached hydrogens (tertiary/aromatic N) is 2. The maximum atomic E-state index is 12.6. The van der Waals surface area contributed by atoms with Crippen LogP contribution in [0.2, 0.25) is 0 Å². The van der Waals surface area contributed by atoms with Gasteiger partial charge in [-0.15, -0.1) is 11.3 Å². The van der Waals surface area contributed by atoms with Gasteiger partial charge < -0.3 is 9.64 Å². The van der Waals surface area contributed by atoms with Gasteiger partial charge in [-0.1, -0.05) is 39.0 Å². The van der Waals surface area contributed by atoms with Crippen LogP contribution in [0.5, 0.6) is 5.75 Å². The molecule has 1 aromatic heterocycles. The summed E-state index contributed by atoms with van der Waals surface area (Å²) in [5.74, 6) is 1.41. The third-order valence-corrected chi connectivity index (χ3v) is 4.93. The van der Waals surface area contributed by atoms with Gasteiger partial charge in [0.25, 0.3) is 0 Å². The monoisotopic (exact) mass is 360 g/mol. The fraction of sp³-hybridized carbons (Fsp3) is 0.500. The van der Waals surface area contributed by atoms with Gasteiger partial charge in [0.15, 0.2) is 0 Å². The highest BCUT2D eigenvalue weighted by Gasteiger charge is 2.21. The van der Waals surface area contributed by atoms with E-state index in [9.17, 15) is 4.79 Å². The Bertz CT molecular complexity index is 655. The molecular weight excluding hydrogens is 332 g/mol. The van der Waals surface area contributed by atoms with Crippen molar-refractivity contribution in [3.8, 4) is 5.75 Å². The predicted molar refractivity (Wildman–Crippen MR) is 103 cm³/mol. The van der Waals surface area contributed by atoms with Gasteiger partial charge in [-0.3, -0.25) is 4.79 Å². The lowest BCUT2D eigenvalue weighted by Gasteiger charge is -2.28. The molecule has 5 heteroatoms. The molecule has 0 saturated carbocycles. The number of carbonyl (C=O) groups excluding carboxylic acids is 1.